The Bertz CT molecular complexity index is 932. The van der Waals surface area contributed by atoms with Crippen LogP contribution in [-0.4, -0.2) is 47.9 Å². The Labute approximate surface area is 162 Å². The van der Waals surface area contributed by atoms with E-state index >= 15 is 0 Å². The van der Waals surface area contributed by atoms with Crippen molar-refractivity contribution in [2.45, 2.75) is 49.3 Å². The molecule has 0 spiro atoms. The van der Waals surface area contributed by atoms with Crippen LogP contribution >= 0.6 is 11.3 Å². The van der Waals surface area contributed by atoms with Crippen molar-refractivity contribution in [3.8, 4) is 11.4 Å². The molecule has 1 aliphatic carbocycles. The van der Waals surface area contributed by atoms with Crippen molar-refractivity contribution in [2.75, 3.05) is 13.1 Å². The van der Waals surface area contributed by atoms with Gasteiger partial charge in [0, 0.05) is 36.5 Å². The largest absolute Gasteiger partial charge is 0.353 e. The van der Waals surface area contributed by atoms with E-state index in [9.17, 15) is 13.2 Å². The van der Waals surface area contributed by atoms with Gasteiger partial charge in [-0.1, -0.05) is 12.1 Å². The van der Waals surface area contributed by atoms with Crippen LogP contribution in [0.25, 0.3) is 11.4 Å². The molecule has 3 heterocycles. The lowest BCUT2D eigenvalue weighted by molar-refractivity contribution is -0.126. The van der Waals surface area contributed by atoms with Crippen LogP contribution in [0.5, 0.6) is 0 Å². The van der Waals surface area contributed by atoms with Crippen LogP contribution in [0.2, 0.25) is 0 Å². The monoisotopic (exact) mass is 410 g/mol. The molecule has 0 bridgehead atoms. The van der Waals surface area contributed by atoms with Crippen LogP contribution in [-0.2, 0) is 21.2 Å². The van der Waals surface area contributed by atoms with Gasteiger partial charge in [-0.2, -0.15) is 9.29 Å². The number of piperidine rings is 1. The predicted molar refractivity (Wildman–Crippen MR) is 99.6 cm³/mol. The van der Waals surface area contributed by atoms with Crippen LogP contribution in [0.1, 0.15) is 38.5 Å². The molecule has 1 amide bonds. The van der Waals surface area contributed by atoms with E-state index in [2.05, 4.69) is 15.5 Å². The van der Waals surface area contributed by atoms with Crippen LogP contribution in [0.15, 0.2) is 20.2 Å². The third-order valence-electron chi connectivity index (χ3n) is 4.88. The van der Waals surface area contributed by atoms with E-state index in [1.807, 2.05) is 6.92 Å². The zero-order valence-electron chi connectivity index (χ0n) is 15.1. The topological polar surface area (TPSA) is 105 Å². The van der Waals surface area contributed by atoms with Gasteiger partial charge in [0.25, 0.3) is 10.0 Å². The summed E-state index contributed by atoms with van der Waals surface area (Å²) in [6.07, 6.45) is 4.08. The highest BCUT2D eigenvalue weighted by molar-refractivity contribution is 7.91. The predicted octanol–water partition coefficient (Wildman–Crippen LogP) is 2.04. The van der Waals surface area contributed by atoms with Gasteiger partial charge in [0.2, 0.25) is 17.6 Å². The molecule has 1 atom stereocenters. The zero-order valence-corrected chi connectivity index (χ0v) is 16.7. The number of aromatic nitrogens is 2. The molecule has 1 saturated carbocycles. The third-order valence-corrected chi connectivity index (χ3v) is 8.16. The molecule has 0 radical (unpaired) electrons. The number of hydrogen-bond donors (Lipinski definition) is 1. The lowest BCUT2D eigenvalue weighted by Crippen LogP contribution is -2.45. The highest BCUT2D eigenvalue weighted by Crippen LogP contribution is 2.31. The molecular weight excluding hydrogens is 388 g/mol. The zero-order chi connectivity index (χ0) is 19.0. The lowest BCUT2D eigenvalue weighted by atomic mass is 9.99. The standard InChI is InChI=1S/C17H22N4O4S2/c1-2-14-19-16(20-25-14)12-8-15(26-10-12)27(23,24)21-7-3-4-11(9-21)17(22)18-13-5-6-13/h8,10-11,13H,2-7,9H2,1H3,(H,18,22)/t11-/m1/s1. The maximum absolute atomic E-state index is 13.0. The summed E-state index contributed by atoms with van der Waals surface area (Å²) in [5.41, 5.74) is 0.627. The smallest absolute Gasteiger partial charge is 0.252 e. The summed E-state index contributed by atoms with van der Waals surface area (Å²) in [4.78, 5) is 16.6. The van der Waals surface area contributed by atoms with Gasteiger partial charge in [-0.25, -0.2) is 8.42 Å². The summed E-state index contributed by atoms with van der Waals surface area (Å²) >= 11 is 1.14. The van der Waals surface area contributed by atoms with Gasteiger partial charge in [-0.05, 0) is 31.7 Å². The number of nitrogens with zero attached hydrogens (tertiary/aromatic N) is 3. The first-order valence-electron chi connectivity index (χ1n) is 9.19. The molecule has 4 rings (SSSR count). The second kappa shape index (κ2) is 7.33. The first-order valence-corrected chi connectivity index (χ1v) is 11.5. The minimum absolute atomic E-state index is 0.0249. The van der Waals surface area contributed by atoms with E-state index in [1.54, 1.807) is 11.4 Å². The van der Waals surface area contributed by atoms with Crippen molar-refractivity contribution in [1.29, 1.82) is 0 Å². The molecule has 8 nitrogen and oxygen atoms in total. The summed E-state index contributed by atoms with van der Waals surface area (Å²) in [5.74, 6) is 0.604. The van der Waals surface area contributed by atoms with Crippen LogP contribution in [0, 0.1) is 5.92 Å². The fourth-order valence-corrected chi connectivity index (χ4v) is 5.97. The number of aryl methyl sites for hydroxylation is 1. The van der Waals surface area contributed by atoms with Crippen LogP contribution < -0.4 is 5.32 Å². The summed E-state index contributed by atoms with van der Waals surface area (Å²) < 4.78 is 32.8. The lowest BCUT2D eigenvalue weighted by Gasteiger charge is -2.30. The third kappa shape index (κ3) is 3.92. The number of sulfonamides is 1. The molecule has 10 heteroatoms. The molecule has 1 saturated heterocycles. The van der Waals surface area contributed by atoms with Crippen molar-refractivity contribution in [3.05, 3.63) is 17.3 Å². The number of hydrogen-bond acceptors (Lipinski definition) is 7. The Hall–Kier alpha value is -1.78. The number of thiophene rings is 1. The number of rotatable bonds is 6. The van der Waals surface area contributed by atoms with Gasteiger partial charge >= 0.3 is 0 Å². The second-order valence-electron chi connectivity index (χ2n) is 7.00. The minimum atomic E-state index is -3.64. The molecule has 2 aromatic heterocycles. The molecule has 0 unspecified atom stereocenters. The summed E-state index contributed by atoms with van der Waals surface area (Å²) in [5, 5.41) is 8.60. The van der Waals surface area contributed by atoms with Crippen molar-refractivity contribution in [2.24, 2.45) is 5.92 Å². The summed E-state index contributed by atoms with van der Waals surface area (Å²) in [6, 6.07) is 1.87. The molecular formula is C17H22N4O4S2. The highest BCUT2D eigenvalue weighted by atomic mass is 32.2. The maximum Gasteiger partial charge on any atom is 0.252 e. The normalized spacial score (nSPS) is 21.3. The number of nitrogens with one attached hydrogen (secondary N) is 1. The van der Waals surface area contributed by atoms with Crippen molar-refractivity contribution in [3.63, 3.8) is 0 Å². The second-order valence-corrected chi connectivity index (χ2v) is 10.1. The first kappa shape index (κ1) is 18.6. The Morgan fingerprint density at radius 2 is 2.22 bits per heavy atom. The van der Waals surface area contributed by atoms with Crippen molar-refractivity contribution >= 4 is 27.3 Å². The van der Waals surface area contributed by atoms with E-state index in [0.29, 0.717) is 36.7 Å². The van der Waals surface area contributed by atoms with E-state index in [1.165, 1.54) is 4.31 Å². The van der Waals surface area contributed by atoms with Gasteiger partial charge in [0.15, 0.2) is 0 Å². The Balaban J connectivity index is 1.49. The maximum atomic E-state index is 13.0. The van der Waals surface area contributed by atoms with Gasteiger partial charge in [-0.15, -0.1) is 11.3 Å². The van der Waals surface area contributed by atoms with Crippen molar-refractivity contribution < 1.29 is 17.7 Å². The quantitative estimate of drug-likeness (QED) is 0.781. The molecule has 0 aromatic carbocycles. The Kier molecular flexibility index (Phi) is 5.04. The molecule has 2 fully saturated rings. The molecule has 146 valence electrons. The number of amides is 1. The average Bonchev–Trinajstić information content (AvgIpc) is 3.15. The van der Waals surface area contributed by atoms with Crippen LogP contribution in [0.4, 0.5) is 0 Å². The molecule has 2 aliphatic rings. The Morgan fingerprint density at radius 3 is 2.93 bits per heavy atom. The molecule has 1 aliphatic heterocycles. The average molecular weight is 411 g/mol. The van der Waals surface area contributed by atoms with Crippen molar-refractivity contribution in [1.82, 2.24) is 19.8 Å². The molecule has 1 N–H and O–H groups in total. The molecule has 2 aromatic rings. The van der Waals surface area contributed by atoms with E-state index in [4.69, 9.17) is 4.52 Å². The summed E-state index contributed by atoms with van der Waals surface area (Å²) in [7, 11) is -3.64. The first-order chi connectivity index (χ1) is 13.0. The number of carbonyl (C=O) groups is 1. The van der Waals surface area contributed by atoms with Crippen LogP contribution in [0.3, 0.4) is 0 Å². The Morgan fingerprint density at radius 1 is 1.41 bits per heavy atom. The summed E-state index contributed by atoms with van der Waals surface area (Å²) in [6.45, 7) is 2.58. The fraction of sp³-hybridized carbons (Fsp3) is 0.588. The van der Waals surface area contributed by atoms with E-state index < -0.39 is 10.0 Å². The van der Waals surface area contributed by atoms with E-state index in [-0.39, 0.29) is 28.6 Å². The van der Waals surface area contributed by atoms with Gasteiger partial charge in [0.1, 0.15) is 4.21 Å². The fourth-order valence-electron chi connectivity index (χ4n) is 3.13. The molecule has 27 heavy (non-hydrogen) atoms. The van der Waals surface area contributed by atoms with Gasteiger partial charge < -0.3 is 9.84 Å². The highest BCUT2D eigenvalue weighted by Gasteiger charge is 2.36. The van der Waals surface area contributed by atoms with Gasteiger partial charge in [0.05, 0.1) is 5.92 Å². The number of carbonyl (C=O) groups excluding carboxylic acids is 1. The van der Waals surface area contributed by atoms with E-state index in [0.717, 1.165) is 30.6 Å². The minimum Gasteiger partial charge on any atom is -0.353 e. The SMILES string of the molecule is CCc1nc(-c2csc(S(=O)(=O)N3CCC[C@@H](C(=O)NC4CC4)C3)c2)no1. The van der Waals surface area contributed by atoms with Gasteiger partial charge in [-0.3, -0.25) is 4.79 Å².